The van der Waals surface area contributed by atoms with Crippen molar-refractivity contribution in [1.82, 2.24) is 0 Å². The fraction of sp³-hybridized carbons (Fsp3) is 0.200. The van der Waals surface area contributed by atoms with E-state index >= 15 is 0 Å². The molecule has 0 atom stereocenters. The molecule has 2 rings (SSSR count). The third kappa shape index (κ3) is 3.62. The number of nitro benzene ring substituents is 1. The molecule has 0 aliphatic carbocycles. The van der Waals surface area contributed by atoms with Gasteiger partial charge in [-0.05, 0) is 49.2 Å². The van der Waals surface area contributed by atoms with Gasteiger partial charge in [-0.1, -0.05) is 6.07 Å². The van der Waals surface area contributed by atoms with Gasteiger partial charge in [0.25, 0.3) is 0 Å². The second kappa shape index (κ2) is 5.76. The number of rotatable bonds is 4. The molecule has 0 fully saturated rings. The van der Waals surface area contributed by atoms with Crippen LogP contribution in [0.5, 0.6) is 11.5 Å². The molecule has 0 saturated carbocycles. The van der Waals surface area contributed by atoms with Crippen molar-refractivity contribution in [3.63, 3.8) is 0 Å². The quantitative estimate of drug-likeness (QED) is 0.636. The number of nitro groups is 1. The fourth-order valence-corrected chi connectivity index (χ4v) is 2.72. The van der Waals surface area contributed by atoms with Crippen LogP contribution in [-0.4, -0.2) is 19.6 Å². The molecule has 0 heterocycles. The van der Waals surface area contributed by atoms with E-state index in [1.165, 1.54) is 12.1 Å². The minimum absolute atomic E-state index is 0.00222. The molecule has 2 aromatic rings. The predicted octanol–water partition coefficient (Wildman–Crippen LogP) is 3.41. The van der Waals surface area contributed by atoms with Crippen LogP contribution >= 0.6 is 0 Å². The number of benzene rings is 2. The van der Waals surface area contributed by atoms with Crippen molar-refractivity contribution in [2.24, 2.45) is 0 Å². The second-order valence-electron chi connectivity index (χ2n) is 5.08. The first kappa shape index (κ1) is 16.0. The summed E-state index contributed by atoms with van der Waals surface area (Å²) in [6.07, 6.45) is 0.997. The zero-order valence-corrected chi connectivity index (χ0v) is 13.2. The van der Waals surface area contributed by atoms with E-state index in [1.807, 2.05) is 19.9 Å². The molecule has 0 bridgehead atoms. The van der Waals surface area contributed by atoms with E-state index in [4.69, 9.17) is 4.74 Å². The molecular weight excluding hydrogens is 306 g/mol. The number of hydrogen-bond acceptors (Lipinski definition) is 5. The lowest BCUT2D eigenvalue weighted by molar-refractivity contribution is -0.385. The Morgan fingerprint density at radius 1 is 1.05 bits per heavy atom. The average molecular weight is 321 g/mol. The van der Waals surface area contributed by atoms with Crippen molar-refractivity contribution in [2.75, 3.05) is 6.26 Å². The maximum absolute atomic E-state index is 11.5. The van der Waals surface area contributed by atoms with Gasteiger partial charge in [0.2, 0.25) is 5.75 Å². The van der Waals surface area contributed by atoms with E-state index in [0.717, 1.165) is 23.4 Å². The molecule has 0 aromatic heterocycles. The van der Waals surface area contributed by atoms with Gasteiger partial charge in [0, 0.05) is 12.3 Å². The fourth-order valence-electron chi connectivity index (χ4n) is 2.08. The maximum atomic E-state index is 11.5. The van der Waals surface area contributed by atoms with E-state index in [0.29, 0.717) is 5.75 Å². The number of hydrogen-bond donors (Lipinski definition) is 0. The SMILES string of the molecule is Cc1cc(C)cc(Oc2ccc(S(C)(=O)=O)cc2[N+](=O)[O-])c1. The summed E-state index contributed by atoms with van der Waals surface area (Å²) in [5.41, 5.74) is 1.54. The highest BCUT2D eigenvalue weighted by molar-refractivity contribution is 7.90. The third-order valence-electron chi connectivity index (χ3n) is 2.98. The molecule has 0 unspecified atom stereocenters. The van der Waals surface area contributed by atoms with Crippen LogP contribution in [-0.2, 0) is 9.84 Å². The number of ether oxygens (including phenoxy) is 1. The largest absolute Gasteiger partial charge is 0.450 e. The van der Waals surface area contributed by atoms with Crippen LogP contribution in [0.1, 0.15) is 11.1 Å². The average Bonchev–Trinajstić information content (AvgIpc) is 2.36. The first-order valence-electron chi connectivity index (χ1n) is 6.41. The Morgan fingerprint density at radius 2 is 1.64 bits per heavy atom. The maximum Gasteiger partial charge on any atom is 0.312 e. The van der Waals surface area contributed by atoms with Crippen molar-refractivity contribution in [3.05, 3.63) is 57.6 Å². The van der Waals surface area contributed by atoms with Gasteiger partial charge in [-0.25, -0.2) is 8.42 Å². The standard InChI is InChI=1S/C15H15NO5S/c1-10-6-11(2)8-12(7-10)21-15-5-4-13(22(3,19)20)9-14(15)16(17)18/h4-9H,1-3H3. The van der Waals surface area contributed by atoms with E-state index in [2.05, 4.69) is 0 Å². The molecule has 116 valence electrons. The van der Waals surface area contributed by atoms with E-state index in [9.17, 15) is 18.5 Å². The summed E-state index contributed by atoms with van der Waals surface area (Å²) >= 11 is 0. The lowest BCUT2D eigenvalue weighted by Crippen LogP contribution is -2.00. The monoisotopic (exact) mass is 321 g/mol. The first-order chi connectivity index (χ1) is 10.2. The van der Waals surface area contributed by atoms with Crippen LogP contribution in [0.25, 0.3) is 0 Å². The van der Waals surface area contributed by atoms with Crippen molar-refractivity contribution in [1.29, 1.82) is 0 Å². The number of sulfone groups is 1. The molecule has 0 aliphatic heterocycles. The highest BCUT2D eigenvalue weighted by atomic mass is 32.2. The Balaban J connectivity index is 2.49. The van der Waals surface area contributed by atoms with Crippen molar-refractivity contribution in [2.45, 2.75) is 18.7 Å². The van der Waals surface area contributed by atoms with Gasteiger partial charge in [-0.2, -0.15) is 0 Å². The van der Waals surface area contributed by atoms with Gasteiger partial charge in [-0.3, -0.25) is 10.1 Å². The van der Waals surface area contributed by atoms with Crippen LogP contribution in [0.15, 0.2) is 41.3 Å². The minimum atomic E-state index is -3.52. The van der Waals surface area contributed by atoms with Crippen molar-refractivity contribution < 1.29 is 18.1 Å². The molecule has 0 N–H and O–H groups in total. The molecular formula is C15H15NO5S. The third-order valence-corrected chi connectivity index (χ3v) is 4.09. The van der Waals surface area contributed by atoms with Gasteiger partial charge in [0.05, 0.1) is 9.82 Å². The van der Waals surface area contributed by atoms with Gasteiger partial charge in [0.1, 0.15) is 5.75 Å². The van der Waals surface area contributed by atoms with Crippen LogP contribution in [0.3, 0.4) is 0 Å². The Bertz CT molecular complexity index is 823. The van der Waals surface area contributed by atoms with Crippen LogP contribution in [0, 0.1) is 24.0 Å². The van der Waals surface area contributed by atoms with E-state index in [1.54, 1.807) is 12.1 Å². The molecule has 7 heteroatoms. The predicted molar refractivity (Wildman–Crippen MR) is 82.2 cm³/mol. The highest BCUT2D eigenvalue weighted by Gasteiger charge is 2.20. The van der Waals surface area contributed by atoms with Crippen molar-refractivity contribution >= 4 is 15.5 Å². The smallest absolute Gasteiger partial charge is 0.312 e. The summed E-state index contributed by atoms with van der Waals surface area (Å²) in [7, 11) is -3.52. The normalized spacial score (nSPS) is 11.2. The lowest BCUT2D eigenvalue weighted by atomic mass is 10.1. The molecule has 0 amide bonds. The molecule has 6 nitrogen and oxygen atoms in total. The van der Waals surface area contributed by atoms with Gasteiger partial charge in [0.15, 0.2) is 9.84 Å². The summed E-state index contributed by atoms with van der Waals surface area (Å²) in [6.45, 7) is 3.78. The Morgan fingerprint density at radius 3 is 2.14 bits per heavy atom. The summed E-state index contributed by atoms with van der Waals surface area (Å²) in [4.78, 5) is 10.4. The summed E-state index contributed by atoms with van der Waals surface area (Å²) in [5.74, 6) is 0.468. The molecule has 0 spiro atoms. The second-order valence-corrected chi connectivity index (χ2v) is 7.10. The molecule has 0 aliphatic rings. The zero-order chi connectivity index (χ0) is 16.5. The Labute approximate surface area is 128 Å². The first-order valence-corrected chi connectivity index (χ1v) is 8.30. The molecule has 2 aromatic carbocycles. The lowest BCUT2D eigenvalue weighted by Gasteiger charge is -2.09. The van der Waals surface area contributed by atoms with Gasteiger partial charge in [-0.15, -0.1) is 0 Å². The minimum Gasteiger partial charge on any atom is -0.450 e. The number of nitrogens with zero attached hydrogens (tertiary/aromatic N) is 1. The zero-order valence-electron chi connectivity index (χ0n) is 12.4. The van der Waals surface area contributed by atoms with Gasteiger partial charge < -0.3 is 4.74 Å². The number of aryl methyl sites for hydroxylation is 2. The Hall–Kier alpha value is -2.41. The summed E-state index contributed by atoms with van der Waals surface area (Å²) in [6, 6.07) is 9.05. The Kier molecular flexibility index (Phi) is 4.18. The van der Waals surface area contributed by atoms with Crippen LogP contribution in [0.4, 0.5) is 5.69 Å². The van der Waals surface area contributed by atoms with Gasteiger partial charge >= 0.3 is 5.69 Å². The molecule has 22 heavy (non-hydrogen) atoms. The topological polar surface area (TPSA) is 86.5 Å². The molecule has 0 radical (unpaired) electrons. The highest BCUT2D eigenvalue weighted by Crippen LogP contribution is 2.34. The van der Waals surface area contributed by atoms with E-state index in [-0.39, 0.29) is 16.3 Å². The summed E-state index contributed by atoms with van der Waals surface area (Å²) in [5, 5.41) is 11.2. The van der Waals surface area contributed by atoms with Crippen LogP contribution < -0.4 is 4.74 Å². The summed E-state index contributed by atoms with van der Waals surface area (Å²) < 4.78 is 28.6. The van der Waals surface area contributed by atoms with Crippen LogP contribution in [0.2, 0.25) is 0 Å². The molecule has 0 saturated heterocycles. The van der Waals surface area contributed by atoms with Crippen molar-refractivity contribution in [3.8, 4) is 11.5 Å². The van der Waals surface area contributed by atoms with E-state index < -0.39 is 14.8 Å².